The molecule has 0 bridgehead atoms. The van der Waals surface area contributed by atoms with Crippen molar-refractivity contribution in [1.29, 1.82) is 0 Å². The molecular formula is C16H23NO4. The highest BCUT2D eigenvalue weighted by atomic mass is 16.6. The lowest BCUT2D eigenvalue weighted by Crippen LogP contribution is -2.20. The number of anilines is 1. The first kappa shape index (κ1) is 16.9. The van der Waals surface area contributed by atoms with Crippen LogP contribution in [0.1, 0.15) is 27.2 Å². The maximum atomic E-state index is 11.8. The first-order chi connectivity index (χ1) is 10.1. The third kappa shape index (κ3) is 5.38. The Morgan fingerprint density at radius 2 is 1.90 bits per heavy atom. The Morgan fingerprint density at radius 3 is 2.48 bits per heavy atom. The summed E-state index contributed by atoms with van der Waals surface area (Å²) in [5, 5.41) is 2.66. The van der Waals surface area contributed by atoms with Gasteiger partial charge in [0, 0.05) is 11.8 Å². The fraction of sp³-hybridized carbons (Fsp3) is 0.438. The van der Waals surface area contributed by atoms with Crippen molar-refractivity contribution in [2.75, 3.05) is 18.5 Å². The molecule has 116 valence electrons. The summed E-state index contributed by atoms with van der Waals surface area (Å²) in [6.45, 7) is 10.4. The van der Waals surface area contributed by atoms with Crippen LogP contribution in [0.25, 0.3) is 0 Å². The molecule has 5 heteroatoms. The Labute approximate surface area is 125 Å². The van der Waals surface area contributed by atoms with Gasteiger partial charge in [0.2, 0.25) is 0 Å². The van der Waals surface area contributed by atoms with Crippen LogP contribution in [0.3, 0.4) is 0 Å². The molecule has 1 aromatic rings. The Hall–Kier alpha value is -2.17. The minimum atomic E-state index is -0.520. The third-order valence-electron chi connectivity index (χ3n) is 2.71. The van der Waals surface area contributed by atoms with Crippen molar-refractivity contribution < 1.29 is 19.0 Å². The fourth-order valence-corrected chi connectivity index (χ4v) is 1.71. The number of hydrogen-bond acceptors (Lipinski definition) is 4. The van der Waals surface area contributed by atoms with Gasteiger partial charge in [-0.3, -0.25) is 5.32 Å². The fourth-order valence-electron chi connectivity index (χ4n) is 1.71. The zero-order valence-corrected chi connectivity index (χ0v) is 12.8. The van der Waals surface area contributed by atoms with E-state index in [1.807, 2.05) is 20.8 Å². The average Bonchev–Trinajstić information content (AvgIpc) is 2.48. The first-order valence-corrected chi connectivity index (χ1v) is 7.14. The second-order valence-electron chi connectivity index (χ2n) is 4.24. The highest BCUT2D eigenvalue weighted by Crippen LogP contribution is 2.30. The Morgan fingerprint density at radius 1 is 1.24 bits per heavy atom. The highest BCUT2D eigenvalue weighted by Gasteiger charge is 2.11. The van der Waals surface area contributed by atoms with E-state index in [2.05, 4.69) is 11.9 Å². The molecule has 0 aliphatic heterocycles. The van der Waals surface area contributed by atoms with E-state index in [0.717, 1.165) is 0 Å². The molecule has 1 N–H and O–H groups in total. The van der Waals surface area contributed by atoms with E-state index in [0.29, 0.717) is 36.8 Å². The van der Waals surface area contributed by atoms with Gasteiger partial charge < -0.3 is 14.2 Å². The monoisotopic (exact) mass is 293 g/mol. The molecule has 0 aromatic heterocycles. The van der Waals surface area contributed by atoms with Crippen molar-refractivity contribution in [3.05, 3.63) is 30.9 Å². The Bertz CT molecular complexity index is 473. The van der Waals surface area contributed by atoms with Gasteiger partial charge in [-0.2, -0.15) is 0 Å². The zero-order chi connectivity index (χ0) is 15.7. The third-order valence-corrected chi connectivity index (χ3v) is 2.71. The van der Waals surface area contributed by atoms with Gasteiger partial charge in [-0.1, -0.05) is 19.6 Å². The van der Waals surface area contributed by atoms with Crippen LogP contribution >= 0.6 is 0 Å². The average molecular weight is 293 g/mol. The van der Waals surface area contributed by atoms with Crippen LogP contribution in [0.15, 0.2) is 30.9 Å². The van der Waals surface area contributed by atoms with Crippen molar-refractivity contribution in [2.45, 2.75) is 33.3 Å². The lowest BCUT2D eigenvalue weighted by molar-refractivity contribution is 0.132. The van der Waals surface area contributed by atoms with Crippen molar-refractivity contribution in [1.82, 2.24) is 0 Å². The van der Waals surface area contributed by atoms with Crippen LogP contribution in [-0.4, -0.2) is 25.4 Å². The summed E-state index contributed by atoms with van der Waals surface area (Å²) >= 11 is 0. The molecule has 0 aliphatic rings. The molecule has 0 aliphatic carbocycles. The molecular weight excluding hydrogens is 270 g/mol. The van der Waals surface area contributed by atoms with Crippen LogP contribution < -0.4 is 14.8 Å². The molecule has 5 nitrogen and oxygen atoms in total. The molecule has 21 heavy (non-hydrogen) atoms. The van der Waals surface area contributed by atoms with E-state index in [-0.39, 0.29) is 6.10 Å². The molecule has 0 fully saturated rings. The number of nitrogens with one attached hydrogen (secondary N) is 1. The predicted octanol–water partition coefficient (Wildman–Crippen LogP) is 4.00. The summed E-state index contributed by atoms with van der Waals surface area (Å²) in [7, 11) is 0. The van der Waals surface area contributed by atoms with Crippen molar-refractivity contribution in [2.24, 2.45) is 0 Å². The van der Waals surface area contributed by atoms with Crippen LogP contribution in [0.2, 0.25) is 0 Å². The van der Waals surface area contributed by atoms with Gasteiger partial charge in [0.25, 0.3) is 0 Å². The molecule has 0 radical (unpaired) electrons. The maximum Gasteiger partial charge on any atom is 0.412 e. The zero-order valence-electron chi connectivity index (χ0n) is 12.8. The van der Waals surface area contributed by atoms with E-state index in [1.54, 1.807) is 24.3 Å². The largest absolute Gasteiger partial charge is 0.490 e. The van der Waals surface area contributed by atoms with Gasteiger partial charge in [-0.15, -0.1) is 0 Å². The van der Waals surface area contributed by atoms with Gasteiger partial charge in [0.15, 0.2) is 11.5 Å². The second kappa shape index (κ2) is 8.89. The number of rotatable bonds is 8. The van der Waals surface area contributed by atoms with Gasteiger partial charge in [-0.05, 0) is 32.4 Å². The standard InChI is InChI=1S/C16H23NO4/c1-5-13(6-2)21-16(18)17-12-9-10-14(19-7-3)15(11-12)20-8-4/h5,9-11,13H,1,6-8H2,2-4H3,(H,17,18). The minimum Gasteiger partial charge on any atom is -0.490 e. The number of hydrogen-bond donors (Lipinski definition) is 1. The normalized spacial score (nSPS) is 11.4. The molecule has 0 heterocycles. The van der Waals surface area contributed by atoms with Crippen molar-refractivity contribution in [3.63, 3.8) is 0 Å². The van der Waals surface area contributed by atoms with Crippen molar-refractivity contribution >= 4 is 11.8 Å². The lowest BCUT2D eigenvalue weighted by Gasteiger charge is -2.15. The molecule has 1 amide bonds. The van der Waals surface area contributed by atoms with E-state index < -0.39 is 6.09 Å². The number of benzene rings is 1. The topological polar surface area (TPSA) is 56.8 Å². The number of amides is 1. The summed E-state index contributed by atoms with van der Waals surface area (Å²) in [6.07, 6.45) is 1.47. The molecule has 1 rings (SSSR count). The maximum absolute atomic E-state index is 11.8. The van der Waals surface area contributed by atoms with E-state index >= 15 is 0 Å². The Balaban J connectivity index is 2.76. The molecule has 1 atom stereocenters. The van der Waals surface area contributed by atoms with Crippen LogP contribution in [-0.2, 0) is 4.74 Å². The molecule has 0 saturated heterocycles. The van der Waals surface area contributed by atoms with E-state index in [9.17, 15) is 4.79 Å². The minimum absolute atomic E-state index is 0.293. The van der Waals surface area contributed by atoms with Crippen LogP contribution in [0.4, 0.5) is 10.5 Å². The van der Waals surface area contributed by atoms with E-state index in [1.165, 1.54) is 0 Å². The summed E-state index contributed by atoms with van der Waals surface area (Å²) in [4.78, 5) is 11.8. The highest BCUT2D eigenvalue weighted by molar-refractivity contribution is 5.85. The summed E-state index contributed by atoms with van der Waals surface area (Å²) in [5.74, 6) is 1.24. The molecule has 1 aromatic carbocycles. The second-order valence-corrected chi connectivity index (χ2v) is 4.24. The van der Waals surface area contributed by atoms with Gasteiger partial charge in [0.05, 0.1) is 13.2 Å². The quantitative estimate of drug-likeness (QED) is 0.736. The van der Waals surface area contributed by atoms with Crippen molar-refractivity contribution in [3.8, 4) is 11.5 Å². The molecule has 0 saturated carbocycles. The SMILES string of the molecule is C=CC(CC)OC(=O)Nc1ccc(OCC)c(OCC)c1. The van der Waals surface area contributed by atoms with Gasteiger partial charge in [-0.25, -0.2) is 4.79 Å². The molecule has 0 spiro atoms. The Kier molecular flexibility index (Phi) is 7.15. The summed E-state index contributed by atoms with van der Waals surface area (Å²) in [5.41, 5.74) is 0.589. The first-order valence-electron chi connectivity index (χ1n) is 7.14. The number of ether oxygens (including phenoxy) is 3. The molecule has 1 unspecified atom stereocenters. The van der Waals surface area contributed by atoms with Gasteiger partial charge in [0.1, 0.15) is 6.10 Å². The van der Waals surface area contributed by atoms with Gasteiger partial charge >= 0.3 is 6.09 Å². The summed E-state index contributed by atoms with van der Waals surface area (Å²) in [6, 6.07) is 5.21. The summed E-state index contributed by atoms with van der Waals surface area (Å²) < 4.78 is 16.2. The number of carbonyl (C=O) groups is 1. The smallest absolute Gasteiger partial charge is 0.412 e. The van der Waals surface area contributed by atoms with Crippen LogP contribution in [0.5, 0.6) is 11.5 Å². The lowest BCUT2D eigenvalue weighted by atomic mass is 10.2. The van der Waals surface area contributed by atoms with E-state index in [4.69, 9.17) is 14.2 Å². The van der Waals surface area contributed by atoms with Crippen LogP contribution in [0, 0.1) is 0 Å². The predicted molar refractivity (Wildman–Crippen MR) is 83.2 cm³/mol. The number of carbonyl (C=O) groups excluding carboxylic acids is 1.